The number of benzene rings is 1. The Hall–Kier alpha value is -1.89. The summed E-state index contributed by atoms with van der Waals surface area (Å²) in [6.45, 7) is 0. The molecule has 1 aliphatic rings. The van der Waals surface area contributed by atoms with E-state index in [0.29, 0.717) is 18.5 Å². The Labute approximate surface area is 123 Å². The number of carbonyl (C=O) groups is 2. The lowest BCUT2D eigenvalue weighted by atomic mass is 10.2. The number of carboxylic acid groups (broad SMARTS) is 1. The first kappa shape index (κ1) is 15.5. The molecule has 0 unspecified atom stereocenters. The van der Waals surface area contributed by atoms with E-state index in [1.165, 1.54) is 24.3 Å². The first-order valence-corrected chi connectivity index (χ1v) is 8.45. The van der Waals surface area contributed by atoms with Crippen LogP contribution in [0.25, 0.3) is 0 Å². The first-order valence-electron chi connectivity index (χ1n) is 6.73. The molecule has 1 aromatic rings. The lowest BCUT2D eigenvalue weighted by Gasteiger charge is -2.11. The summed E-state index contributed by atoms with van der Waals surface area (Å²) in [6, 6.07) is 5.57. The van der Waals surface area contributed by atoms with Gasteiger partial charge in [-0.25, -0.2) is 13.2 Å². The molecule has 2 N–H and O–H groups in total. The lowest BCUT2D eigenvalue weighted by molar-refractivity contribution is -0.113. The van der Waals surface area contributed by atoms with Gasteiger partial charge in [0.2, 0.25) is 5.91 Å². The second-order valence-corrected chi connectivity index (χ2v) is 7.43. The highest BCUT2D eigenvalue weighted by Crippen LogP contribution is 2.25. The molecule has 0 saturated heterocycles. The lowest BCUT2D eigenvalue weighted by Crippen LogP contribution is -2.29. The van der Waals surface area contributed by atoms with Crippen LogP contribution in [0, 0.1) is 0 Å². The molecule has 114 valence electrons. The van der Waals surface area contributed by atoms with E-state index >= 15 is 0 Å². The third-order valence-corrected chi connectivity index (χ3v) is 5.71. The van der Waals surface area contributed by atoms with E-state index in [9.17, 15) is 18.0 Å². The maximum absolute atomic E-state index is 12.0. The minimum atomic E-state index is -3.41. The average Bonchev–Trinajstić information content (AvgIpc) is 2.93. The van der Waals surface area contributed by atoms with Gasteiger partial charge in [-0.15, -0.1) is 0 Å². The molecule has 1 aromatic carbocycles. The van der Waals surface area contributed by atoms with Crippen molar-refractivity contribution in [1.82, 2.24) is 0 Å². The number of sulfone groups is 1. The van der Waals surface area contributed by atoms with Gasteiger partial charge in [0.05, 0.1) is 10.8 Å². The quantitative estimate of drug-likeness (QED) is 0.861. The molecule has 0 atom stereocenters. The second kappa shape index (κ2) is 6.26. The second-order valence-electron chi connectivity index (χ2n) is 5.14. The van der Waals surface area contributed by atoms with E-state index in [0.717, 1.165) is 12.8 Å². The summed E-state index contributed by atoms with van der Waals surface area (Å²) in [6.07, 6.45) is 3.04. The Morgan fingerprint density at radius 2 is 1.71 bits per heavy atom. The fourth-order valence-corrected chi connectivity index (χ4v) is 4.17. The average molecular weight is 311 g/mol. The van der Waals surface area contributed by atoms with Crippen molar-refractivity contribution in [1.29, 1.82) is 0 Å². The van der Waals surface area contributed by atoms with Crippen molar-refractivity contribution in [2.45, 2.75) is 30.9 Å². The van der Waals surface area contributed by atoms with Crippen LogP contribution >= 0.6 is 0 Å². The molecule has 0 bridgehead atoms. The normalized spacial score (nSPS) is 15.8. The molecule has 1 aliphatic carbocycles. The monoisotopic (exact) mass is 311 g/mol. The van der Waals surface area contributed by atoms with E-state index in [1.54, 1.807) is 0 Å². The van der Waals surface area contributed by atoms with E-state index < -0.39 is 32.7 Å². The molecular weight excluding hydrogens is 294 g/mol. The van der Waals surface area contributed by atoms with Crippen LogP contribution < -0.4 is 5.32 Å². The van der Waals surface area contributed by atoms with Gasteiger partial charge >= 0.3 is 5.97 Å². The van der Waals surface area contributed by atoms with Gasteiger partial charge in [-0.05, 0) is 37.1 Å². The highest BCUT2D eigenvalue weighted by atomic mass is 32.2. The van der Waals surface area contributed by atoms with Crippen molar-refractivity contribution in [2.75, 3.05) is 11.1 Å². The Kier molecular flexibility index (Phi) is 4.62. The Balaban J connectivity index is 1.96. The summed E-state index contributed by atoms with van der Waals surface area (Å²) in [5.41, 5.74) is 0.484. The zero-order valence-corrected chi connectivity index (χ0v) is 12.2. The van der Waals surface area contributed by atoms with Gasteiger partial charge in [0, 0.05) is 5.69 Å². The molecule has 1 fully saturated rings. The summed E-state index contributed by atoms with van der Waals surface area (Å²) in [7, 11) is -3.41. The maximum Gasteiger partial charge on any atom is 0.335 e. The molecule has 0 aromatic heterocycles. The summed E-state index contributed by atoms with van der Waals surface area (Å²) in [5.74, 6) is -2.18. The van der Waals surface area contributed by atoms with Crippen molar-refractivity contribution >= 4 is 27.4 Å². The van der Waals surface area contributed by atoms with Crippen LogP contribution in [-0.4, -0.2) is 36.4 Å². The zero-order valence-electron chi connectivity index (χ0n) is 11.4. The van der Waals surface area contributed by atoms with Crippen LogP contribution in [-0.2, 0) is 14.6 Å². The smallest absolute Gasteiger partial charge is 0.335 e. The van der Waals surface area contributed by atoms with Crippen molar-refractivity contribution in [2.24, 2.45) is 0 Å². The topological polar surface area (TPSA) is 101 Å². The summed E-state index contributed by atoms with van der Waals surface area (Å²) in [4.78, 5) is 22.5. The largest absolute Gasteiger partial charge is 0.478 e. The molecular formula is C14H17NO5S. The highest BCUT2D eigenvalue weighted by Gasteiger charge is 2.30. The Morgan fingerprint density at radius 3 is 2.24 bits per heavy atom. The molecule has 0 spiro atoms. The van der Waals surface area contributed by atoms with Gasteiger partial charge in [0.25, 0.3) is 0 Å². The zero-order chi connectivity index (χ0) is 15.5. The van der Waals surface area contributed by atoms with E-state index in [1.807, 2.05) is 0 Å². The SMILES string of the molecule is O=C(CS(=O)(=O)C1CCCC1)Nc1ccc(C(=O)O)cc1. The van der Waals surface area contributed by atoms with E-state index in [-0.39, 0.29) is 5.56 Å². The summed E-state index contributed by atoms with van der Waals surface area (Å²) >= 11 is 0. The molecule has 2 rings (SSSR count). The number of carboxylic acids is 1. The molecule has 1 saturated carbocycles. The molecule has 0 heterocycles. The number of aromatic carboxylic acids is 1. The van der Waals surface area contributed by atoms with Gasteiger partial charge in [0.1, 0.15) is 5.75 Å². The summed E-state index contributed by atoms with van der Waals surface area (Å²) < 4.78 is 24.1. The highest BCUT2D eigenvalue weighted by molar-refractivity contribution is 7.92. The van der Waals surface area contributed by atoms with Crippen LogP contribution in [0.1, 0.15) is 36.0 Å². The number of amides is 1. The van der Waals surface area contributed by atoms with Crippen molar-refractivity contribution in [3.8, 4) is 0 Å². The third-order valence-electron chi connectivity index (χ3n) is 3.56. The van der Waals surface area contributed by atoms with E-state index in [4.69, 9.17) is 5.11 Å². The van der Waals surface area contributed by atoms with Gasteiger partial charge in [-0.2, -0.15) is 0 Å². The number of hydrogen-bond acceptors (Lipinski definition) is 4. The minimum Gasteiger partial charge on any atom is -0.478 e. The molecule has 0 aliphatic heterocycles. The van der Waals surface area contributed by atoms with Gasteiger partial charge in [-0.3, -0.25) is 4.79 Å². The standard InChI is InChI=1S/C14H17NO5S/c16-13(9-21(19,20)12-3-1-2-4-12)15-11-7-5-10(6-8-11)14(17)18/h5-8,12H,1-4,9H2,(H,15,16)(H,17,18). The van der Waals surface area contributed by atoms with Gasteiger partial charge in [0.15, 0.2) is 9.84 Å². The third kappa shape index (κ3) is 4.04. The fraction of sp³-hybridized carbons (Fsp3) is 0.429. The maximum atomic E-state index is 12.0. The van der Waals surface area contributed by atoms with Crippen LogP contribution in [0.3, 0.4) is 0 Å². The van der Waals surface area contributed by atoms with Crippen molar-refractivity contribution in [3.63, 3.8) is 0 Å². The molecule has 6 nitrogen and oxygen atoms in total. The minimum absolute atomic E-state index is 0.103. The number of anilines is 1. The predicted molar refractivity (Wildman–Crippen MR) is 78.1 cm³/mol. The van der Waals surface area contributed by atoms with Crippen molar-refractivity contribution < 1.29 is 23.1 Å². The predicted octanol–water partition coefficient (Wildman–Crippen LogP) is 1.68. The number of carbonyl (C=O) groups excluding carboxylic acids is 1. The number of hydrogen-bond donors (Lipinski definition) is 2. The first-order chi connectivity index (χ1) is 9.88. The van der Waals surface area contributed by atoms with Crippen LogP contribution in [0.2, 0.25) is 0 Å². The molecule has 1 amide bonds. The Morgan fingerprint density at radius 1 is 1.14 bits per heavy atom. The van der Waals surface area contributed by atoms with Gasteiger partial charge < -0.3 is 10.4 Å². The Bertz CT molecular complexity index is 630. The van der Waals surface area contributed by atoms with Crippen molar-refractivity contribution in [3.05, 3.63) is 29.8 Å². The fourth-order valence-electron chi connectivity index (χ4n) is 2.44. The van der Waals surface area contributed by atoms with Crippen LogP contribution in [0.5, 0.6) is 0 Å². The molecule has 0 radical (unpaired) electrons. The molecule has 7 heteroatoms. The summed E-state index contributed by atoms with van der Waals surface area (Å²) in [5, 5.41) is 10.8. The van der Waals surface area contributed by atoms with Crippen LogP contribution in [0.4, 0.5) is 5.69 Å². The van der Waals surface area contributed by atoms with Gasteiger partial charge in [-0.1, -0.05) is 12.8 Å². The van der Waals surface area contributed by atoms with Crippen LogP contribution in [0.15, 0.2) is 24.3 Å². The number of rotatable bonds is 5. The van der Waals surface area contributed by atoms with E-state index in [2.05, 4.69) is 5.32 Å². The number of nitrogens with one attached hydrogen (secondary N) is 1. The molecule has 21 heavy (non-hydrogen) atoms.